The van der Waals surface area contributed by atoms with Crippen molar-refractivity contribution in [3.63, 3.8) is 0 Å². The highest BCUT2D eigenvalue weighted by atomic mass is 35.5. The monoisotopic (exact) mass is 314 g/mol. The topological polar surface area (TPSA) is 41.1 Å². The van der Waals surface area contributed by atoms with Crippen molar-refractivity contribution in [2.75, 3.05) is 6.54 Å². The van der Waals surface area contributed by atoms with Gasteiger partial charge in [0.15, 0.2) is 0 Å². The second kappa shape index (κ2) is 6.79. The van der Waals surface area contributed by atoms with Crippen molar-refractivity contribution >= 4 is 29.1 Å². The van der Waals surface area contributed by atoms with Gasteiger partial charge in [-0.25, -0.2) is 0 Å². The van der Waals surface area contributed by atoms with Crippen LogP contribution in [-0.4, -0.2) is 18.5 Å². The minimum atomic E-state index is -0.113. The summed E-state index contributed by atoms with van der Waals surface area (Å²) < 4.78 is 0. The largest absolute Gasteiger partial charge is 0.349 e. The third kappa shape index (κ3) is 3.87. The van der Waals surface area contributed by atoms with Crippen LogP contribution in [0.2, 0.25) is 10.0 Å². The Morgan fingerprint density at radius 3 is 2.85 bits per heavy atom. The highest BCUT2D eigenvalue weighted by molar-refractivity contribution is 6.35. The Hall–Kier alpha value is -0.770. The maximum Gasteiger partial charge on any atom is 0.223 e. The zero-order chi connectivity index (χ0) is 14.7. The van der Waals surface area contributed by atoms with E-state index >= 15 is 0 Å². The summed E-state index contributed by atoms with van der Waals surface area (Å²) in [4.78, 5) is 12.3. The second-order valence-corrected chi connectivity index (χ2v) is 6.32. The van der Waals surface area contributed by atoms with Crippen LogP contribution >= 0.6 is 23.2 Å². The lowest BCUT2D eigenvalue weighted by Gasteiger charge is -2.28. The van der Waals surface area contributed by atoms with Crippen LogP contribution in [0.5, 0.6) is 0 Å². The van der Waals surface area contributed by atoms with Crippen molar-refractivity contribution < 1.29 is 4.79 Å². The summed E-state index contributed by atoms with van der Waals surface area (Å²) in [7, 11) is 0. The van der Waals surface area contributed by atoms with E-state index in [2.05, 4.69) is 17.6 Å². The highest BCUT2D eigenvalue weighted by Crippen LogP contribution is 2.27. The fourth-order valence-corrected chi connectivity index (χ4v) is 3.20. The molecule has 0 aromatic heterocycles. The minimum absolute atomic E-state index is 0.0831. The summed E-state index contributed by atoms with van der Waals surface area (Å²) in [5, 5.41) is 7.59. The molecule has 0 spiro atoms. The molecule has 1 amide bonds. The Morgan fingerprint density at radius 2 is 2.20 bits per heavy atom. The molecule has 5 heteroatoms. The number of benzene rings is 1. The molecule has 1 aliphatic rings. The smallest absolute Gasteiger partial charge is 0.223 e. The van der Waals surface area contributed by atoms with E-state index in [9.17, 15) is 4.79 Å². The number of hydrogen-bond donors (Lipinski definition) is 2. The third-order valence-electron chi connectivity index (χ3n) is 3.78. The van der Waals surface area contributed by atoms with Gasteiger partial charge >= 0.3 is 0 Å². The Kier molecular flexibility index (Phi) is 5.30. The molecule has 1 aromatic carbocycles. The number of carbonyl (C=O) groups is 1. The molecule has 110 valence electrons. The molecule has 2 rings (SSSR count). The fourth-order valence-electron chi connectivity index (χ4n) is 2.63. The molecule has 20 heavy (non-hydrogen) atoms. The van der Waals surface area contributed by atoms with Crippen LogP contribution in [0.3, 0.4) is 0 Å². The van der Waals surface area contributed by atoms with Crippen LogP contribution in [0.25, 0.3) is 0 Å². The van der Waals surface area contributed by atoms with E-state index in [1.807, 2.05) is 13.0 Å². The van der Waals surface area contributed by atoms with Crippen molar-refractivity contribution in [1.82, 2.24) is 10.6 Å². The predicted molar refractivity (Wildman–Crippen MR) is 83.2 cm³/mol. The number of hydrogen-bond acceptors (Lipinski definition) is 2. The molecule has 1 heterocycles. The van der Waals surface area contributed by atoms with Crippen molar-refractivity contribution in [2.24, 2.45) is 5.92 Å². The Labute approximate surface area is 130 Å². The van der Waals surface area contributed by atoms with Gasteiger partial charge in [-0.3, -0.25) is 4.79 Å². The quantitative estimate of drug-likeness (QED) is 0.895. The van der Waals surface area contributed by atoms with Gasteiger partial charge in [0.05, 0.1) is 6.04 Å². The summed E-state index contributed by atoms with van der Waals surface area (Å²) in [6, 6.07) is 5.64. The SMILES string of the molecule is CC(NC(=O)[C@H]1CCN[C@@H](C)C1)c1ccc(Cl)cc1Cl. The Morgan fingerprint density at radius 1 is 1.45 bits per heavy atom. The van der Waals surface area contributed by atoms with Gasteiger partial charge in [0.2, 0.25) is 5.91 Å². The first kappa shape index (κ1) is 15.6. The molecule has 1 fully saturated rings. The number of rotatable bonds is 3. The van der Waals surface area contributed by atoms with E-state index in [0.29, 0.717) is 16.1 Å². The van der Waals surface area contributed by atoms with E-state index in [1.54, 1.807) is 12.1 Å². The molecule has 1 unspecified atom stereocenters. The molecule has 1 saturated heterocycles. The Balaban J connectivity index is 1.99. The Bertz CT molecular complexity index is 493. The van der Waals surface area contributed by atoms with Crippen molar-refractivity contribution in [2.45, 2.75) is 38.8 Å². The normalized spacial score (nSPS) is 24.2. The first-order chi connectivity index (χ1) is 9.47. The van der Waals surface area contributed by atoms with Crippen LogP contribution in [0.1, 0.15) is 38.3 Å². The van der Waals surface area contributed by atoms with Crippen molar-refractivity contribution in [3.05, 3.63) is 33.8 Å². The van der Waals surface area contributed by atoms with E-state index in [4.69, 9.17) is 23.2 Å². The van der Waals surface area contributed by atoms with Crippen molar-refractivity contribution in [3.8, 4) is 0 Å². The molecule has 1 aliphatic heterocycles. The standard InChI is InChI=1S/C15H20Cl2N2O/c1-9-7-11(5-6-18-9)15(20)19-10(2)13-4-3-12(16)8-14(13)17/h3-4,8-11,18H,5-7H2,1-2H3,(H,19,20)/t9-,10?,11-/m0/s1. The van der Waals surface area contributed by atoms with Gasteiger partial charge in [-0.05, 0) is 50.9 Å². The molecule has 2 N–H and O–H groups in total. The molecular formula is C15H20Cl2N2O. The van der Waals surface area contributed by atoms with Gasteiger partial charge in [0.25, 0.3) is 0 Å². The molecule has 3 atom stereocenters. The lowest BCUT2D eigenvalue weighted by Crippen LogP contribution is -2.43. The predicted octanol–water partition coefficient (Wildman–Crippen LogP) is 3.56. The van der Waals surface area contributed by atoms with E-state index in [-0.39, 0.29) is 17.9 Å². The maximum atomic E-state index is 12.3. The van der Waals surface area contributed by atoms with Gasteiger partial charge in [0.1, 0.15) is 0 Å². The van der Waals surface area contributed by atoms with Crippen LogP contribution in [0.15, 0.2) is 18.2 Å². The number of amides is 1. The molecular weight excluding hydrogens is 295 g/mol. The molecule has 1 aromatic rings. The second-order valence-electron chi connectivity index (χ2n) is 5.47. The van der Waals surface area contributed by atoms with E-state index < -0.39 is 0 Å². The molecule has 0 bridgehead atoms. The van der Waals surface area contributed by atoms with Gasteiger partial charge in [-0.1, -0.05) is 29.3 Å². The molecule has 0 aliphatic carbocycles. The molecule has 0 saturated carbocycles. The van der Waals surface area contributed by atoms with Gasteiger partial charge < -0.3 is 10.6 Å². The first-order valence-electron chi connectivity index (χ1n) is 6.96. The number of halogens is 2. The average Bonchev–Trinajstić information content (AvgIpc) is 2.38. The van der Waals surface area contributed by atoms with E-state index in [0.717, 1.165) is 24.9 Å². The number of carbonyl (C=O) groups excluding carboxylic acids is 1. The van der Waals surface area contributed by atoms with Gasteiger partial charge in [0, 0.05) is 22.0 Å². The summed E-state index contributed by atoms with van der Waals surface area (Å²) in [5.74, 6) is 0.191. The third-order valence-corrected chi connectivity index (χ3v) is 4.34. The van der Waals surface area contributed by atoms with Gasteiger partial charge in [-0.15, -0.1) is 0 Å². The zero-order valence-corrected chi connectivity index (χ0v) is 13.3. The lowest BCUT2D eigenvalue weighted by atomic mass is 9.92. The highest BCUT2D eigenvalue weighted by Gasteiger charge is 2.26. The van der Waals surface area contributed by atoms with Crippen LogP contribution in [0, 0.1) is 5.92 Å². The summed E-state index contributed by atoms with van der Waals surface area (Å²) in [6.45, 7) is 4.95. The van der Waals surface area contributed by atoms with Crippen molar-refractivity contribution in [1.29, 1.82) is 0 Å². The van der Waals surface area contributed by atoms with Gasteiger partial charge in [-0.2, -0.15) is 0 Å². The first-order valence-corrected chi connectivity index (χ1v) is 7.71. The number of piperidine rings is 1. The zero-order valence-electron chi connectivity index (χ0n) is 11.7. The summed E-state index contributed by atoms with van der Waals surface area (Å²) >= 11 is 12.1. The number of nitrogens with one attached hydrogen (secondary N) is 2. The summed E-state index contributed by atoms with van der Waals surface area (Å²) in [5.41, 5.74) is 0.895. The van der Waals surface area contributed by atoms with Crippen LogP contribution in [0.4, 0.5) is 0 Å². The average molecular weight is 315 g/mol. The van der Waals surface area contributed by atoms with Crippen LogP contribution < -0.4 is 10.6 Å². The summed E-state index contributed by atoms with van der Waals surface area (Å²) in [6.07, 6.45) is 1.77. The lowest BCUT2D eigenvalue weighted by molar-refractivity contribution is -0.126. The maximum absolute atomic E-state index is 12.3. The molecule has 3 nitrogen and oxygen atoms in total. The fraction of sp³-hybridized carbons (Fsp3) is 0.533. The van der Waals surface area contributed by atoms with E-state index in [1.165, 1.54) is 0 Å². The van der Waals surface area contributed by atoms with Crippen LogP contribution in [-0.2, 0) is 4.79 Å². The molecule has 0 radical (unpaired) electrons. The minimum Gasteiger partial charge on any atom is -0.349 e.